The number of benzene rings is 2. The number of hydrogen-bond donors (Lipinski definition) is 2. The van der Waals surface area contributed by atoms with Gasteiger partial charge in [-0.3, -0.25) is 0 Å². The molecule has 0 aliphatic heterocycles. The molecule has 5 nitrogen and oxygen atoms in total. The van der Waals surface area contributed by atoms with Crippen molar-refractivity contribution in [3.8, 4) is 5.75 Å². The SMILES string of the molecule is CN(C)CCNC(=O)Nc1ccc(OCc2ccccc2)cc1. The lowest BCUT2D eigenvalue weighted by Crippen LogP contribution is -2.34. The van der Waals surface area contributed by atoms with E-state index in [4.69, 9.17) is 4.74 Å². The van der Waals surface area contributed by atoms with Gasteiger partial charge >= 0.3 is 6.03 Å². The number of ether oxygens (including phenoxy) is 1. The minimum atomic E-state index is -0.204. The highest BCUT2D eigenvalue weighted by Gasteiger charge is 2.02. The number of hydrogen-bond acceptors (Lipinski definition) is 3. The number of nitrogens with one attached hydrogen (secondary N) is 2. The summed E-state index contributed by atoms with van der Waals surface area (Å²) < 4.78 is 5.71. The fourth-order valence-electron chi connectivity index (χ4n) is 1.94. The smallest absolute Gasteiger partial charge is 0.319 e. The minimum absolute atomic E-state index is 0.204. The highest BCUT2D eigenvalue weighted by Crippen LogP contribution is 2.17. The number of urea groups is 1. The van der Waals surface area contributed by atoms with Crippen molar-refractivity contribution >= 4 is 11.7 Å². The fraction of sp³-hybridized carbons (Fsp3) is 0.278. The van der Waals surface area contributed by atoms with Crippen LogP contribution in [0.2, 0.25) is 0 Å². The standard InChI is InChI=1S/C18H23N3O2/c1-21(2)13-12-19-18(22)20-16-8-10-17(11-9-16)23-14-15-6-4-3-5-7-15/h3-11H,12-14H2,1-2H3,(H2,19,20,22). The number of rotatable bonds is 7. The van der Waals surface area contributed by atoms with E-state index in [9.17, 15) is 4.79 Å². The molecule has 2 amide bonds. The van der Waals surface area contributed by atoms with Gasteiger partial charge in [0.2, 0.25) is 0 Å². The number of carbonyl (C=O) groups excluding carboxylic acids is 1. The quantitative estimate of drug-likeness (QED) is 0.826. The first-order valence-electron chi connectivity index (χ1n) is 7.60. The van der Waals surface area contributed by atoms with Gasteiger partial charge in [-0.1, -0.05) is 30.3 Å². The largest absolute Gasteiger partial charge is 0.489 e. The van der Waals surface area contributed by atoms with Crippen molar-refractivity contribution in [3.63, 3.8) is 0 Å². The second kappa shape index (κ2) is 8.80. The van der Waals surface area contributed by atoms with E-state index in [1.54, 1.807) is 0 Å². The predicted octanol–water partition coefficient (Wildman–Crippen LogP) is 2.95. The molecule has 0 aliphatic carbocycles. The summed E-state index contributed by atoms with van der Waals surface area (Å²) in [4.78, 5) is 13.7. The summed E-state index contributed by atoms with van der Waals surface area (Å²) in [6, 6.07) is 17.1. The van der Waals surface area contributed by atoms with Crippen molar-refractivity contribution < 1.29 is 9.53 Å². The Bertz CT molecular complexity index is 597. The average Bonchev–Trinajstić information content (AvgIpc) is 2.55. The third kappa shape index (κ3) is 6.40. The van der Waals surface area contributed by atoms with Crippen LogP contribution in [0.3, 0.4) is 0 Å². The van der Waals surface area contributed by atoms with Gasteiger partial charge < -0.3 is 20.3 Å². The van der Waals surface area contributed by atoms with Crippen molar-refractivity contribution in [2.75, 3.05) is 32.5 Å². The van der Waals surface area contributed by atoms with Gasteiger partial charge in [-0.25, -0.2) is 4.79 Å². The van der Waals surface area contributed by atoms with Gasteiger partial charge in [-0.05, 0) is 43.9 Å². The molecule has 0 radical (unpaired) electrons. The van der Waals surface area contributed by atoms with E-state index < -0.39 is 0 Å². The Morgan fingerprint density at radius 3 is 2.39 bits per heavy atom. The molecular formula is C18H23N3O2. The summed E-state index contributed by atoms with van der Waals surface area (Å²) in [5, 5.41) is 5.59. The molecule has 0 aliphatic rings. The van der Waals surface area contributed by atoms with Gasteiger partial charge in [-0.2, -0.15) is 0 Å². The molecule has 0 unspecified atom stereocenters. The van der Waals surface area contributed by atoms with Crippen LogP contribution in [0.4, 0.5) is 10.5 Å². The summed E-state index contributed by atoms with van der Waals surface area (Å²) in [7, 11) is 3.93. The molecule has 0 heterocycles. The number of anilines is 1. The van der Waals surface area contributed by atoms with Crippen LogP contribution in [0.1, 0.15) is 5.56 Å². The molecule has 2 aromatic carbocycles. The van der Waals surface area contributed by atoms with Crippen LogP contribution in [-0.4, -0.2) is 38.1 Å². The lowest BCUT2D eigenvalue weighted by molar-refractivity contribution is 0.250. The van der Waals surface area contributed by atoms with Crippen LogP contribution in [-0.2, 0) is 6.61 Å². The monoisotopic (exact) mass is 313 g/mol. The third-order valence-electron chi connectivity index (χ3n) is 3.21. The van der Waals surface area contributed by atoms with E-state index in [-0.39, 0.29) is 6.03 Å². The Kier molecular flexibility index (Phi) is 6.44. The molecular weight excluding hydrogens is 290 g/mol. The van der Waals surface area contributed by atoms with Crippen LogP contribution in [0.15, 0.2) is 54.6 Å². The van der Waals surface area contributed by atoms with Gasteiger partial charge in [-0.15, -0.1) is 0 Å². The molecule has 0 saturated carbocycles. The van der Waals surface area contributed by atoms with E-state index in [0.29, 0.717) is 13.2 Å². The molecule has 0 aromatic heterocycles. The molecule has 0 fully saturated rings. The molecule has 2 N–H and O–H groups in total. The van der Waals surface area contributed by atoms with E-state index in [0.717, 1.165) is 23.5 Å². The maximum atomic E-state index is 11.7. The van der Waals surface area contributed by atoms with Gasteiger partial charge in [0.15, 0.2) is 0 Å². The number of carbonyl (C=O) groups is 1. The number of nitrogens with zero attached hydrogens (tertiary/aromatic N) is 1. The highest BCUT2D eigenvalue weighted by atomic mass is 16.5. The zero-order chi connectivity index (χ0) is 16.5. The van der Waals surface area contributed by atoms with Crippen molar-refractivity contribution in [2.24, 2.45) is 0 Å². The second-order valence-electron chi connectivity index (χ2n) is 5.48. The highest BCUT2D eigenvalue weighted by molar-refractivity contribution is 5.89. The molecule has 23 heavy (non-hydrogen) atoms. The summed E-state index contributed by atoms with van der Waals surface area (Å²) in [5.74, 6) is 0.771. The van der Waals surface area contributed by atoms with Crippen LogP contribution in [0.25, 0.3) is 0 Å². The van der Waals surface area contributed by atoms with Crippen molar-refractivity contribution in [1.29, 1.82) is 0 Å². The predicted molar refractivity (Wildman–Crippen MR) is 92.8 cm³/mol. The first kappa shape index (κ1) is 16.8. The van der Waals surface area contributed by atoms with Gasteiger partial charge in [0.25, 0.3) is 0 Å². The zero-order valence-electron chi connectivity index (χ0n) is 13.6. The van der Waals surface area contributed by atoms with Crippen LogP contribution < -0.4 is 15.4 Å². The lowest BCUT2D eigenvalue weighted by Gasteiger charge is -2.11. The molecule has 0 spiro atoms. The van der Waals surface area contributed by atoms with Crippen LogP contribution in [0.5, 0.6) is 5.75 Å². The van der Waals surface area contributed by atoms with Crippen LogP contribution in [0, 0.1) is 0 Å². The van der Waals surface area contributed by atoms with E-state index >= 15 is 0 Å². The Morgan fingerprint density at radius 2 is 1.74 bits per heavy atom. The van der Waals surface area contributed by atoms with E-state index in [2.05, 4.69) is 10.6 Å². The maximum Gasteiger partial charge on any atom is 0.319 e. The first-order chi connectivity index (χ1) is 11.1. The molecule has 0 atom stereocenters. The lowest BCUT2D eigenvalue weighted by atomic mass is 10.2. The Hall–Kier alpha value is -2.53. The van der Waals surface area contributed by atoms with Crippen LogP contribution >= 0.6 is 0 Å². The molecule has 0 bridgehead atoms. The van der Waals surface area contributed by atoms with Crippen molar-refractivity contribution in [3.05, 3.63) is 60.2 Å². The normalized spacial score (nSPS) is 10.4. The summed E-state index contributed by atoms with van der Waals surface area (Å²) in [6.45, 7) is 1.94. The maximum absolute atomic E-state index is 11.7. The van der Waals surface area contributed by atoms with Crippen molar-refractivity contribution in [2.45, 2.75) is 6.61 Å². The number of likely N-dealkylation sites (N-methyl/N-ethyl adjacent to an activating group) is 1. The summed E-state index contributed by atoms with van der Waals surface area (Å²) in [5.41, 5.74) is 1.86. The van der Waals surface area contributed by atoms with E-state index in [1.165, 1.54) is 0 Å². The third-order valence-corrected chi connectivity index (χ3v) is 3.21. The Morgan fingerprint density at radius 1 is 1.04 bits per heavy atom. The minimum Gasteiger partial charge on any atom is -0.489 e. The molecule has 0 saturated heterocycles. The van der Waals surface area contributed by atoms with Gasteiger partial charge in [0.1, 0.15) is 12.4 Å². The van der Waals surface area contributed by atoms with Gasteiger partial charge in [0.05, 0.1) is 0 Å². The Balaban J connectivity index is 1.76. The molecule has 5 heteroatoms. The van der Waals surface area contributed by atoms with E-state index in [1.807, 2.05) is 73.6 Å². The second-order valence-corrected chi connectivity index (χ2v) is 5.48. The van der Waals surface area contributed by atoms with Gasteiger partial charge in [0, 0.05) is 18.8 Å². The van der Waals surface area contributed by atoms with Crippen molar-refractivity contribution in [1.82, 2.24) is 10.2 Å². The molecule has 2 rings (SSSR count). The zero-order valence-corrected chi connectivity index (χ0v) is 13.6. The topological polar surface area (TPSA) is 53.6 Å². The summed E-state index contributed by atoms with van der Waals surface area (Å²) in [6.07, 6.45) is 0. The number of amides is 2. The fourth-order valence-corrected chi connectivity index (χ4v) is 1.94. The molecule has 2 aromatic rings. The summed E-state index contributed by atoms with van der Waals surface area (Å²) >= 11 is 0. The average molecular weight is 313 g/mol. The molecule has 122 valence electrons. The Labute approximate surface area is 137 Å². The first-order valence-corrected chi connectivity index (χ1v) is 7.60.